The smallest absolute Gasteiger partial charge is 0.263 e. The molecule has 0 aliphatic carbocycles. The molecule has 164 valence electrons. The first-order valence-electron chi connectivity index (χ1n) is 9.90. The second-order valence-corrected chi connectivity index (χ2v) is 7.89. The normalized spacial score (nSPS) is 15.6. The second kappa shape index (κ2) is 8.96. The largest absolute Gasteiger partial charge is 0.481 e. The molecule has 1 N–H and O–H groups in total. The molecule has 1 atom stereocenters. The summed E-state index contributed by atoms with van der Waals surface area (Å²) in [7, 11) is 0. The maximum Gasteiger partial charge on any atom is 0.263 e. The first-order valence-corrected chi connectivity index (χ1v) is 10.3. The standard InChI is InChI=1S/C24H19ClF2N2O3/c1-14-24(31)29(12-15-5-7-17(25)8-6-15)13-16-11-18(9-10-21(16)32-14)28-23(30)22-19(26)3-2-4-20(22)27/h2-11,14H,12-13H2,1H3,(H,28,30). The number of fused-ring (bicyclic) bond motifs is 1. The fourth-order valence-electron chi connectivity index (χ4n) is 3.53. The molecule has 1 aliphatic rings. The zero-order chi connectivity index (χ0) is 22.8. The van der Waals surface area contributed by atoms with Crippen molar-refractivity contribution in [3.63, 3.8) is 0 Å². The van der Waals surface area contributed by atoms with E-state index in [1.807, 2.05) is 12.1 Å². The Morgan fingerprint density at radius 2 is 1.81 bits per heavy atom. The van der Waals surface area contributed by atoms with E-state index >= 15 is 0 Å². The molecule has 32 heavy (non-hydrogen) atoms. The topological polar surface area (TPSA) is 58.6 Å². The number of nitrogens with zero attached hydrogens (tertiary/aromatic N) is 1. The van der Waals surface area contributed by atoms with Crippen molar-refractivity contribution in [1.29, 1.82) is 0 Å². The number of amides is 2. The van der Waals surface area contributed by atoms with Gasteiger partial charge in [-0.1, -0.05) is 29.8 Å². The van der Waals surface area contributed by atoms with E-state index < -0.39 is 29.2 Å². The highest BCUT2D eigenvalue weighted by atomic mass is 35.5. The van der Waals surface area contributed by atoms with E-state index in [1.165, 1.54) is 6.07 Å². The summed E-state index contributed by atoms with van der Waals surface area (Å²) >= 11 is 5.94. The van der Waals surface area contributed by atoms with Crippen molar-refractivity contribution in [2.24, 2.45) is 0 Å². The molecule has 1 unspecified atom stereocenters. The van der Waals surface area contributed by atoms with Crippen molar-refractivity contribution in [3.05, 3.63) is 94.0 Å². The Hall–Kier alpha value is -3.45. The third-order valence-corrected chi connectivity index (χ3v) is 5.37. The first kappa shape index (κ1) is 21.8. The lowest BCUT2D eigenvalue weighted by Gasteiger charge is -2.22. The van der Waals surface area contributed by atoms with Gasteiger partial charge in [0.2, 0.25) is 0 Å². The van der Waals surface area contributed by atoms with Crippen LogP contribution < -0.4 is 10.1 Å². The number of rotatable bonds is 4. The van der Waals surface area contributed by atoms with Gasteiger partial charge in [0.15, 0.2) is 6.10 Å². The summed E-state index contributed by atoms with van der Waals surface area (Å²) in [5, 5.41) is 3.11. The van der Waals surface area contributed by atoms with Crippen LogP contribution in [-0.4, -0.2) is 22.8 Å². The molecule has 4 rings (SSSR count). The van der Waals surface area contributed by atoms with Gasteiger partial charge in [-0.3, -0.25) is 9.59 Å². The Morgan fingerprint density at radius 3 is 2.50 bits per heavy atom. The SMILES string of the molecule is CC1Oc2ccc(NC(=O)c3c(F)cccc3F)cc2CN(Cc2ccc(Cl)cc2)C1=O. The highest BCUT2D eigenvalue weighted by Gasteiger charge is 2.28. The van der Waals surface area contributed by atoms with Gasteiger partial charge < -0.3 is 15.0 Å². The van der Waals surface area contributed by atoms with Gasteiger partial charge in [-0.2, -0.15) is 0 Å². The van der Waals surface area contributed by atoms with E-state index in [9.17, 15) is 18.4 Å². The molecule has 1 aliphatic heterocycles. The molecule has 0 spiro atoms. The Bertz CT molecular complexity index is 1160. The van der Waals surface area contributed by atoms with Crippen LogP contribution in [0, 0.1) is 11.6 Å². The summed E-state index contributed by atoms with van der Waals surface area (Å²) in [6.07, 6.45) is -0.698. The summed E-state index contributed by atoms with van der Waals surface area (Å²) in [4.78, 5) is 26.9. The number of hydrogen-bond donors (Lipinski definition) is 1. The van der Waals surface area contributed by atoms with Crippen molar-refractivity contribution in [3.8, 4) is 5.75 Å². The molecule has 0 saturated heterocycles. The monoisotopic (exact) mass is 456 g/mol. The van der Waals surface area contributed by atoms with Crippen LogP contribution in [0.4, 0.5) is 14.5 Å². The number of carbonyl (C=O) groups excluding carboxylic acids is 2. The quantitative estimate of drug-likeness (QED) is 0.588. The number of carbonyl (C=O) groups is 2. The summed E-state index contributed by atoms with van der Waals surface area (Å²) in [5.74, 6) is -2.49. The lowest BCUT2D eigenvalue weighted by molar-refractivity contribution is -0.138. The lowest BCUT2D eigenvalue weighted by Crippen LogP contribution is -2.37. The third kappa shape index (κ3) is 4.57. The zero-order valence-electron chi connectivity index (χ0n) is 17.1. The number of halogens is 3. The predicted octanol–water partition coefficient (Wildman–Crippen LogP) is 5.18. The van der Waals surface area contributed by atoms with E-state index in [4.69, 9.17) is 16.3 Å². The molecule has 8 heteroatoms. The third-order valence-electron chi connectivity index (χ3n) is 5.12. The van der Waals surface area contributed by atoms with Crippen molar-refractivity contribution in [2.75, 3.05) is 5.32 Å². The second-order valence-electron chi connectivity index (χ2n) is 7.45. The molecule has 0 saturated carbocycles. The van der Waals surface area contributed by atoms with Gasteiger partial charge in [0.25, 0.3) is 11.8 Å². The Labute approximate surface area is 188 Å². The minimum Gasteiger partial charge on any atom is -0.481 e. The summed E-state index contributed by atoms with van der Waals surface area (Å²) in [5.41, 5.74) is 1.22. The minimum atomic E-state index is -0.950. The number of ether oxygens (including phenoxy) is 1. The van der Waals surface area contributed by atoms with Crippen LogP contribution in [0.5, 0.6) is 5.75 Å². The highest BCUT2D eigenvalue weighted by Crippen LogP contribution is 2.30. The van der Waals surface area contributed by atoms with Crippen molar-refractivity contribution in [2.45, 2.75) is 26.1 Å². The van der Waals surface area contributed by atoms with E-state index in [0.29, 0.717) is 28.6 Å². The number of hydrogen-bond acceptors (Lipinski definition) is 3. The summed E-state index contributed by atoms with van der Waals surface area (Å²) in [6.45, 7) is 2.25. The molecule has 0 aromatic heterocycles. The fourth-order valence-corrected chi connectivity index (χ4v) is 3.66. The highest BCUT2D eigenvalue weighted by molar-refractivity contribution is 6.30. The van der Waals surface area contributed by atoms with E-state index in [1.54, 1.807) is 42.2 Å². The number of nitrogens with one attached hydrogen (secondary N) is 1. The van der Waals surface area contributed by atoms with E-state index in [-0.39, 0.29) is 12.5 Å². The zero-order valence-corrected chi connectivity index (χ0v) is 17.8. The fraction of sp³-hybridized carbons (Fsp3) is 0.167. The van der Waals surface area contributed by atoms with Crippen molar-refractivity contribution >= 4 is 29.1 Å². The molecule has 3 aromatic rings. The summed E-state index contributed by atoms with van der Waals surface area (Å²) < 4.78 is 33.6. The summed E-state index contributed by atoms with van der Waals surface area (Å²) in [6, 6.07) is 15.2. The van der Waals surface area contributed by atoms with E-state index in [2.05, 4.69) is 5.32 Å². The van der Waals surface area contributed by atoms with Gasteiger partial charge in [0.1, 0.15) is 22.9 Å². The van der Waals surface area contributed by atoms with Crippen LogP contribution in [-0.2, 0) is 17.9 Å². The average molecular weight is 457 g/mol. The van der Waals surface area contributed by atoms with E-state index in [0.717, 1.165) is 17.7 Å². The maximum atomic E-state index is 13.9. The van der Waals surface area contributed by atoms with Crippen molar-refractivity contribution in [1.82, 2.24) is 4.90 Å². The molecule has 0 fully saturated rings. The van der Waals surface area contributed by atoms with Crippen LogP contribution in [0.2, 0.25) is 5.02 Å². The molecule has 0 radical (unpaired) electrons. The maximum absolute atomic E-state index is 13.9. The molecule has 0 bridgehead atoms. The number of anilines is 1. The van der Waals surface area contributed by atoms with Gasteiger partial charge in [-0.25, -0.2) is 8.78 Å². The molecular formula is C24H19ClF2N2O3. The van der Waals surface area contributed by atoms with Gasteiger partial charge >= 0.3 is 0 Å². The Kier molecular flexibility index (Phi) is 6.10. The Balaban J connectivity index is 1.59. The number of benzene rings is 3. The molecule has 2 amide bonds. The Morgan fingerprint density at radius 1 is 1.12 bits per heavy atom. The lowest BCUT2D eigenvalue weighted by atomic mass is 10.1. The minimum absolute atomic E-state index is 0.185. The van der Waals surface area contributed by atoms with Crippen molar-refractivity contribution < 1.29 is 23.1 Å². The molecule has 1 heterocycles. The van der Waals surface area contributed by atoms with Crippen LogP contribution in [0.15, 0.2) is 60.7 Å². The predicted molar refractivity (Wildman–Crippen MR) is 117 cm³/mol. The average Bonchev–Trinajstić information content (AvgIpc) is 2.86. The van der Waals surface area contributed by atoms with Gasteiger partial charge in [0.05, 0.1) is 0 Å². The molecule has 3 aromatic carbocycles. The molecule has 5 nitrogen and oxygen atoms in total. The van der Waals surface area contributed by atoms with Gasteiger partial charge in [0, 0.05) is 29.4 Å². The van der Waals surface area contributed by atoms with Crippen LogP contribution in [0.1, 0.15) is 28.4 Å². The van der Waals surface area contributed by atoms with Crippen LogP contribution in [0.3, 0.4) is 0 Å². The van der Waals surface area contributed by atoms with Gasteiger partial charge in [-0.05, 0) is 55.0 Å². The van der Waals surface area contributed by atoms with Crippen LogP contribution >= 0.6 is 11.6 Å². The molecular weight excluding hydrogens is 438 g/mol. The van der Waals surface area contributed by atoms with Crippen LogP contribution in [0.25, 0.3) is 0 Å². The first-order chi connectivity index (χ1) is 15.3. The van der Waals surface area contributed by atoms with Gasteiger partial charge in [-0.15, -0.1) is 0 Å².